The van der Waals surface area contributed by atoms with E-state index in [2.05, 4.69) is 49.7 Å². The molecule has 0 atom stereocenters. The van der Waals surface area contributed by atoms with Gasteiger partial charge in [-0.1, -0.05) is 34.6 Å². The van der Waals surface area contributed by atoms with Crippen molar-refractivity contribution in [2.45, 2.75) is 46.0 Å². The molecule has 108 valence electrons. The summed E-state index contributed by atoms with van der Waals surface area (Å²) in [6, 6.07) is 1.83. The number of nitrogens with zero attached hydrogens (tertiary/aromatic N) is 4. The quantitative estimate of drug-likeness (QED) is 0.913. The Labute approximate surface area is 120 Å². The number of hydrogen-bond donors (Lipinski definition) is 1. The third-order valence-corrected chi connectivity index (χ3v) is 3.14. The van der Waals surface area contributed by atoms with Gasteiger partial charge in [-0.05, 0) is 5.92 Å². The van der Waals surface area contributed by atoms with Gasteiger partial charge in [0, 0.05) is 30.4 Å². The van der Waals surface area contributed by atoms with Crippen LogP contribution in [0.5, 0.6) is 0 Å². The maximum Gasteiger partial charge on any atom is 0.165 e. The predicted molar refractivity (Wildman–Crippen MR) is 81.4 cm³/mol. The van der Waals surface area contributed by atoms with Crippen molar-refractivity contribution < 1.29 is 0 Å². The lowest BCUT2D eigenvalue weighted by Gasteiger charge is -2.17. The second-order valence-corrected chi connectivity index (χ2v) is 6.51. The molecule has 0 saturated heterocycles. The molecule has 5 heteroatoms. The van der Waals surface area contributed by atoms with Gasteiger partial charge < -0.3 is 5.73 Å². The summed E-state index contributed by atoms with van der Waals surface area (Å²) in [5, 5.41) is 4.56. The van der Waals surface area contributed by atoms with Gasteiger partial charge in [-0.2, -0.15) is 5.10 Å². The Hall–Kier alpha value is -1.91. The van der Waals surface area contributed by atoms with Crippen molar-refractivity contribution in [2.75, 3.05) is 5.73 Å². The molecule has 20 heavy (non-hydrogen) atoms. The fourth-order valence-corrected chi connectivity index (χ4v) is 2.11. The molecule has 0 aliphatic rings. The van der Waals surface area contributed by atoms with Crippen molar-refractivity contribution in [1.82, 2.24) is 19.7 Å². The molecule has 5 nitrogen and oxygen atoms in total. The predicted octanol–water partition coefficient (Wildman–Crippen LogP) is 2.88. The summed E-state index contributed by atoms with van der Waals surface area (Å²) in [5.41, 5.74) is 8.75. The Balaban J connectivity index is 2.63. The summed E-state index contributed by atoms with van der Waals surface area (Å²) in [5.74, 6) is 1.47. The average molecular weight is 273 g/mol. The Morgan fingerprint density at radius 3 is 2.40 bits per heavy atom. The molecule has 0 aromatic carbocycles. The van der Waals surface area contributed by atoms with E-state index in [1.807, 2.05) is 19.3 Å². The lowest BCUT2D eigenvalue weighted by atomic mass is 9.89. The standard InChI is InChI=1S/C15H23N5/c1-9(2)11-7-12(16)18-14(17-11)10-8-20(6)19-13(10)15(3,4)5/h7-9H,1-6H3,(H2,16,17,18). The molecule has 0 unspecified atom stereocenters. The van der Waals surface area contributed by atoms with E-state index in [1.54, 1.807) is 4.68 Å². The molecule has 0 bridgehead atoms. The van der Waals surface area contributed by atoms with Gasteiger partial charge in [-0.15, -0.1) is 0 Å². The van der Waals surface area contributed by atoms with Gasteiger partial charge in [0.05, 0.1) is 11.3 Å². The Kier molecular flexibility index (Phi) is 3.54. The lowest BCUT2D eigenvalue weighted by molar-refractivity contribution is 0.554. The third-order valence-electron chi connectivity index (χ3n) is 3.14. The average Bonchev–Trinajstić information content (AvgIpc) is 2.70. The molecule has 0 aliphatic carbocycles. The van der Waals surface area contributed by atoms with E-state index in [0.29, 0.717) is 17.6 Å². The first-order chi connectivity index (χ1) is 9.18. The van der Waals surface area contributed by atoms with E-state index in [-0.39, 0.29) is 5.41 Å². The first kappa shape index (κ1) is 14.5. The maximum absolute atomic E-state index is 5.92. The number of rotatable bonds is 2. The van der Waals surface area contributed by atoms with Crippen LogP contribution in [0.15, 0.2) is 12.3 Å². The molecule has 2 aromatic rings. The molecule has 0 fully saturated rings. The number of nitrogen functional groups attached to an aromatic ring is 1. The Morgan fingerprint density at radius 1 is 1.20 bits per heavy atom. The highest BCUT2D eigenvalue weighted by molar-refractivity contribution is 5.60. The number of nitrogens with two attached hydrogens (primary N) is 1. The molecular formula is C15H23N5. The normalized spacial score (nSPS) is 12.2. The molecule has 0 aliphatic heterocycles. The van der Waals surface area contributed by atoms with Gasteiger partial charge in [0.2, 0.25) is 0 Å². The molecule has 2 rings (SSSR count). The van der Waals surface area contributed by atoms with Crippen LogP contribution < -0.4 is 5.73 Å². The largest absolute Gasteiger partial charge is 0.384 e. The van der Waals surface area contributed by atoms with Crippen LogP contribution in [0.3, 0.4) is 0 Å². The molecular weight excluding hydrogens is 250 g/mol. The monoisotopic (exact) mass is 273 g/mol. The highest BCUT2D eigenvalue weighted by Gasteiger charge is 2.24. The summed E-state index contributed by atoms with van der Waals surface area (Å²) in [6.07, 6.45) is 1.96. The number of aryl methyl sites for hydroxylation is 1. The van der Waals surface area contributed by atoms with Crippen LogP contribution in [0.2, 0.25) is 0 Å². The van der Waals surface area contributed by atoms with Crippen LogP contribution in [-0.2, 0) is 12.5 Å². The summed E-state index contributed by atoms with van der Waals surface area (Å²) < 4.78 is 1.80. The number of hydrogen-bond acceptors (Lipinski definition) is 4. The highest BCUT2D eigenvalue weighted by Crippen LogP contribution is 2.31. The van der Waals surface area contributed by atoms with E-state index >= 15 is 0 Å². The van der Waals surface area contributed by atoms with Crippen molar-refractivity contribution in [3.05, 3.63) is 23.7 Å². The van der Waals surface area contributed by atoms with Crippen molar-refractivity contribution in [2.24, 2.45) is 7.05 Å². The van der Waals surface area contributed by atoms with Crippen LogP contribution in [-0.4, -0.2) is 19.7 Å². The van der Waals surface area contributed by atoms with E-state index in [0.717, 1.165) is 17.0 Å². The molecule has 0 spiro atoms. The maximum atomic E-state index is 5.92. The molecule has 0 radical (unpaired) electrons. The van der Waals surface area contributed by atoms with Gasteiger partial charge in [-0.3, -0.25) is 4.68 Å². The minimum atomic E-state index is -0.0669. The first-order valence-electron chi connectivity index (χ1n) is 6.87. The van der Waals surface area contributed by atoms with Gasteiger partial charge >= 0.3 is 0 Å². The summed E-state index contributed by atoms with van der Waals surface area (Å²) in [7, 11) is 1.91. The van der Waals surface area contributed by atoms with Gasteiger partial charge in [0.15, 0.2) is 5.82 Å². The molecule has 2 N–H and O–H groups in total. The Bertz CT molecular complexity index is 620. The van der Waals surface area contributed by atoms with Gasteiger partial charge in [-0.25, -0.2) is 9.97 Å². The number of anilines is 1. The fourth-order valence-electron chi connectivity index (χ4n) is 2.11. The van der Waals surface area contributed by atoms with Crippen LogP contribution in [0.1, 0.15) is 51.9 Å². The van der Waals surface area contributed by atoms with E-state index < -0.39 is 0 Å². The lowest BCUT2D eigenvalue weighted by Crippen LogP contribution is -2.14. The molecule has 2 heterocycles. The van der Waals surface area contributed by atoms with Gasteiger partial charge in [0.1, 0.15) is 5.82 Å². The van der Waals surface area contributed by atoms with Crippen molar-refractivity contribution in [3.63, 3.8) is 0 Å². The van der Waals surface area contributed by atoms with Crippen LogP contribution in [0.4, 0.5) is 5.82 Å². The summed E-state index contributed by atoms with van der Waals surface area (Å²) >= 11 is 0. The van der Waals surface area contributed by atoms with E-state index in [1.165, 1.54) is 0 Å². The zero-order valence-electron chi connectivity index (χ0n) is 13.1. The van der Waals surface area contributed by atoms with E-state index in [9.17, 15) is 0 Å². The van der Waals surface area contributed by atoms with Crippen molar-refractivity contribution in [3.8, 4) is 11.4 Å². The fraction of sp³-hybridized carbons (Fsp3) is 0.533. The van der Waals surface area contributed by atoms with Crippen LogP contribution in [0.25, 0.3) is 11.4 Å². The summed E-state index contributed by atoms with van der Waals surface area (Å²) in [4.78, 5) is 9.03. The SMILES string of the molecule is CC(C)c1cc(N)nc(-c2cn(C)nc2C(C)(C)C)n1. The minimum absolute atomic E-state index is 0.0669. The summed E-state index contributed by atoms with van der Waals surface area (Å²) in [6.45, 7) is 10.6. The molecule has 0 amide bonds. The van der Waals surface area contributed by atoms with Crippen molar-refractivity contribution in [1.29, 1.82) is 0 Å². The Morgan fingerprint density at radius 2 is 1.85 bits per heavy atom. The van der Waals surface area contributed by atoms with Crippen molar-refractivity contribution >= 4 is 5.82 Å². The van der Waals surface area contributed by atoms with Crippen LogP contribution in [0, 0.1) is 0 Å². The topological polar surface area (TPSA) is 69.6 Å². The second-order valence-electron chi connectivity index (χ2n) is 6.51. The zero-order chi connectivity index (χ0) is 15.1. The van der Waals surface area contributed by atoms with Crippen LogP contribution >= 0.6 is 0 Å². The highest BCUT2D eigenvalue weighted by atomic mass is 15.3. The minimum Gasteiger partial charge on any atom is -0.384 e. The van der Waals surface area contributed by atoms with E-state index in [4.69, 9.17) is 5.73 Å². The first-order valence-corrected chi connectivity index (χ1v) is 6.87. The molecule has 0 saturated carbocycles. The second kappa shape index (κ2) is 4.89. The zero-order valence-corrected chi connectivity index (χ0v) is 13.1. The number of aromatic nitrogens is 4. The smallest absolute Gasteiger partial charge is 0.165 e. The van der Waals surface area contributed by atoms with Gasteiger partial charge in [0.25, 0.3) is 0 Å². The molecule has 2 aromatic heterocycles. The third kappa shape index (κ3) is 2.81.